The molecule has 0 saturated heterocycles. The van der Waals surface area contributed by atoms with Crippen molar-refractivity contribution < 1.29 is 14.6 Å². The van der Waals surface area contributed by atoms with Gasteiger partial charge in [0.25, 0.3) is 0 Å². The SMILES string of the molecule is CCOc1ccc([C@H](N)CO)cc1OCC. The Kier molecular flexibility index (Phi) is 5.08. The van der Waals surface area contributed by atoms with Gasteiger partial charge in [0.2, 0.25) is 0 Å². The molecule has 0 aliphatic rings. The van der Waals surface area contributed by atoms with Crippen molar-refractivity contribution in [3.63, 3.8) is 0 Å². The second-order valence-corrected chi connectivity index (χ2v) is 3.36. The molecule has 3 N–H and O–H groups in total. The fourth-order valence-electron chi connectivity index (χ4n) is 1.40. The molecule has 0 aliphatic carbocycles. The summed E-state index contributed by atoms with van der Waals surface area (Å²) in [6.45, 7) is 4.90. The van der Waals surface area contributed by atoms with E-state index in [0.29, 0.717) is 24.7 Å². The fraction of sp³-hybridized carbons (Fsp3) is 0.500. The molecule has 4 heteroatoms. The molecule has 0 spiro atoms. The summed E-state index contributed by atoms with van der Waals surface area (Å²) in [4.78, 5) is 0. The third-order valence-electron chi connectivity index (χ3n) is 2.19. The van der Waals surface area contributed by atoms with Crippen LogP contribution < -0.4 is 15.2 Å². The first kappa shape index (κ1) is 12.8. The highest BCUT2D eigenvalue weighted by molar-refractivity contribution is 5.43. The van der Waals surface area contributed by atoms with Crippen LogP contribution in [0.5, 0.6) is 11.5 Å². The third-order valence-corrected chi connectivity index (χ3v) is 2.19. The molecule has 1 atom stereocenters. The van der Waals surface area contributed by atoms with Gasteiger partial charge in [-0.3, -0.25) is 0 Å². The Morgan fingerprint density at radius 2 is 1.81 bits per heavy atom. The maximum atomic E-state index is 8.98. The summed E-state index contributed by atoms with van der Waals surface area (Å²) in [6, 6.07) is 5.10. The first-order valence-electron chi connectivity index (χ1n) is 5.48. The van der Waals surface area contributed by atoms with Crippen LogP contribution in [0.2, 0.25) is 0 Å². The first-order valence-corrected chi connectivity index (χ1v) is 5.48. The lowest BCUT2D eigenvalue weighted by molar-refractivity contribution is 0.265. The fourth-order valence-corrected chi connectivity index (χ4v) is 1.40. The minimum absolute atomic E-state index is 0.0838. The topological polar surface area (TPSA) is 64.7 Å². The van der Waals surface area contributed by atoms with Crippen molar-refractivity contribution in [1.82, 2.24) is 0 Å². The van der Waals surface area contributed by atoms with Crippen molar-refractivity contribution in [1.29, 1.82) is 0 Å². The number of hydrogen-bond acceptors (Lipinski definition) is 4. The van der Waals surface area contributed by atoms with Gasteiger partial charge in [-0.05, 0) is 31.5 Å². The second-order valence-electron chi connectivity index (χ2n) is 3.36. The van der Waals surface area contributed by atoms with E-state index in [-0.39, 0.29) is 12.6 Å². The van der Waals surface area contributed by atoms with Gasteiger partial charge < -0.3 is 20.3 Å². The Bertz CT molecular complexity index is 328. The van der Waals surface area contributed by atoms with E-state index in [0.717, 1.165) is 5.56 Å². The Balaban J connectivity index is 2.96. The monoisotopic (exact) mass is 225 g/mol. The van der Waals surface area contributed by atoms with Gasteiger partial charge in [-0.2, -0.15) is 0 Å². The van der Waals surface area contributed by atoms with Crippen LogP contribution in [-0.2, 0) is 0 Å². The third kappa shape index (κ3) is 3.12. The molecule has 0 unspecified atom stereocenters. The number of hydrogen-bond donors (Lipinski definition) is 2. The van der Waals surface area contributed by atoms with Crippen molar-refractivity contribution in [2.45, 2.75) is 19.9 Å². The summed E-state index contributed by atoms with van der Waals surface area (Å²) >= 11 is 0. The number of ether oxygens (including phenoxy) is 2. The Hall–Kier alpha value is -1.26. The van der Waals surface area contributed by atoms with E-state index < -0.39 is 0 Å². The van der Waals surface area contributed by atoms with E-state index in [4.69, 9.17) is 20.3 Å². The van der Waals surface area contributed by atoms with Crippen LogP contribution in [0.1, 0.15) is 25.5 Å². The molecule has 90 valence electrons. The van der Waals surface area contributed by atoms with Crippen molar-refractivity contribution in [3.05, 3.63) is 23.8 Å². The van der Waals surface area contributed by atoms with E-state index in [2.05, 4.69) is 0 Å². The van der Waals surface area contributed by atoms with Gasteiger partial charge in [0.05, 0.1) is 25.9 Å². The smallest absolute Gasteiger partial charge is 0.161 e. The van der Waals surface area contributed by atoms with E-state index in [1.807, 2.05) is 32.0 Å². The van der Waals surface area contributed by atoms with Gasteiger partial charge in [0.15, 0.2) is 11.5 Å². The highest BCUT2D eigenvalue weighted by atomic mass is 16.5. The zero-order chi connectivity index (χ0) is 12.0. The predicted molar refractivity (Wildman–Crippen MR) is 62.8 cm³/mol. The van der Waals surface area contributed by atoms with Crippen LogP contribution in [0.25, 0.3) is 0 Å². The van der Waals surface area contributed by atoms with Gasteiger partial charge in [-0.1, -0.05) is 6.07 Å². The van der Waals surface area contributed by atoms with Gasteiger partial charge >= 0.3 is 0 Å². The summed E-state index contributed by atoms with van der Waals surface area (Å²) in [7, 11) is 0. The van der Waals surface area contributed by atoms with E-state index in [9.17, 15) is 0 Å². The standard InChI is InChI=1S/C12H19NO3/c1-3-15-11-6-5-9(10(13)8-14)7-12(11)16-4-2/h5-7,10,14H,3-4,8,13H2,1-2H3/t10-/m1/s1. The van der Waals surface area contributed by atoms with Gasteiger partial charge in [-0.15, -0.1) is 0 Å². The molecule has 0 saturated carbocycles. The molecule has 1 aromatic carbocycles. The number of benzene rings is 1. The van der Waals surface area contributed by atoms with E-state index in [1.54, 1.807) is 0 Å². The molecule has 16 heavy (non-hydrogen) atoms. The normalized spacial score (nSPS) is 12.2. The second kappa shape index (κ2) is 6.35. The molecule has 1 aromatic rings. The maximum absolute atomic E-state index is 8.98. The van der Waals surface area contributed by atoms with Crippen molar-refractivity contribution in [2.24, 2.45) is 5.73 Å². The molecule has 0 heterocycles. The number of rotatable bonds is 6. The largest absolute Gasteiger partial charge is 0.490 e. The lowest BCUT2D eigenvalue weighted by Gasteiger charge is -2.14. The number of aliphatic hydroxyl groups is 1. The van der Waals surface area contributed by atoms with Crippen LogP contribution in [-0.4, -0.2) is 24.9 Å². The minimum atomic E-state index is -0.380. The van der Waals surface area contributed by atoms with Crippen LogP contribution >= 0.6 is 0 Å². The average Bonchev–Trinajstić information content (AvgIpc) is 2.31. The average molecular weight is 225 g/mol. The Morgan fingerprint density at radius 1 is 1.19 bits per heavy atom. The summed E-state index contributed by atoms with van der Waals surface area (Å²) < 4.78 is 10.9. The van der Waals surface area contributed by atoms with Gasteiger partial charge in [0, 0.05) is 0 Å². The number of aliphatic hydroxyl groups excluding tert-OH is 1. The van der Waals surface area contributed by atoms with Crippen LogP contribution in [0.15, 0.2) is 18.2 Å². The summed E-state index contributed by atoms with van der Waals surface area (Å²) in [6.07, 6.45) is 0. The van der Waals surface area contributed by atoms with Crippen molar-refractivity contribution >= 4 is 0 Å². The van der Waals surface area contributed by atoms with Crippen molar-refractivity contribution in [2.75, 3.05) is 19.8 Å². The molecular weight excluding hydrogens is 206 g/mol. The summed E-state index contributed by atoms with van der Waals surface area (Å²) in [5.41, 5.74) is 6.58. The van der Waals surface area contributed by atoms with Gasteiger partial charge in [0.1, 0.15) is 0 Å². The first-order chi connectivity index (χ1) is 7.72. The van der Waals surface area contributed by atoms with E-state index in [1.165, 1.54) is 0 Å². The van der Waals surface area contributed by atoms with Gasteiger partial charge in [-0.25, -0.2) is 0 Å². The molecule has 0 amide bonds. The lowest BCUT2D eigenvalue weighted by atomic mass is 10.1. The minimum Gasteiger partial charge on any atom is -0.490 e. The zero-order valence-corrected chi connectivity index (χ0v) is 9.77. The van der Waals surface area contributed by atoms with Crippen LogP contribution in [0.4, 0.5) is 0 Å². The molecule has 0 radical (unpaired) electrons. The Morgan fingerprint density at radius 3 is 2.38 bits per heavy atom. The zero-order valence-electron chi connectivity index (χ0n) is 9.77. The lowest BCUT2D eigenvalue weighted by Crippen LogP contribution is -2.14. The van der Waals surface area contributed by atoms with Crippen LogP contribution in [0.3, 0.4) is 0 Å². The molecule has 1 rings (SSSR count). The quantitative estimate of drug-likeness (QED) is 0.769. The molecule has 4 nitrogen and oxygen atoms in total. The predicted octanol–water partition coefficient (Wildman–Crippen LogP) is 1.48. The summed E-state index contributed by atoms with van der Waals surface area (Å²) in [5, 5.41) is 8.98. The maximum Gasteiger partial charge on any atom is 0.161 e. The number of nitrogens with two attached hydrogens (primary N) is 1. The molecule has 0 aromatic heterocycles. The molecular formula is C12H19NO3. The highest BCUT2D eigenvalue weighted by Crippen LogP contribution is 2.30. The van der Waals surface area contributed by atoms with Crippen LogP contribution in [0, 0.1) is 0 Å². The van der Waals surface area contributed by atoms with Crippen molar-refractivity contribution in [3.8, 4) is 11.5 Å². The summed E-state index contributed by atoms with van der Waals surface area (Å²) in [5.74, 6) is 1.38. The molecule has 0 aliphatic heterocycles. The highest BCUT2D eigenvalue weighted by Gasteiger charge is 2.10. The Labute approximate surface area is 96.0 Å². The molecule has 0 fully saturated rings. The van der Waals surface area contributed by atoms with E-state index >= 15 is 0 Å². The molecule has 0 bridgehead atoms.